The van der Waals surface area contributed by atoms with Gasteiger partial charge >= 0.3 is 11.9 Å². The molecule has 3 amide bonds. The summed E-state index contributed by atoms with van der Waals surface area (Å²) in [5, 5.41) is 34.5. The second-order valence-corrected chi connectivity index (χ2v) is 8.32. The Hall–Kier alpha value is -2.38. The number of hydrogen-bond acceptors (Lipinski definition) is 8. The number of rotatable bonds is 16. The highest BCUT2D eigenvalue weighted by atomic mass is 32.2. The molecule has 0 bridgehead atoms. The molecule has 0 aromatic heterocycles. The minimum absolute atomic E-state index is 0.333. The van der Waals surface area contributed by atoms with Gasteiger partial charge in [0.1, 0.15) is 18.1 Å². The molecule has 5 unspecified atom stereocenters. The molecular weight excluding hydrogens is 444 g/mol. The van der Waals surface area contributed by atoms with E-state index in [2.05, 4.69) is 16.0 Å². The summed E-state index contributed by atoms with van der Waals surface area (Å²) in [5.74, 6) is -4.69. The zero-order valence-electron chi connectivity index (χ0n) is 18.5. The fourth-order valence-corrected chi connectivity index (χ4v) is 3.08. The first-order chi connectivity index (χ1) is 15.0. The zero-order valence-corrected chi connectivity index (χ0v) is 19.3. The first-order valence-electron chi connectivity index (χ1n) is 10.2. The lowest BCUT2D eigenvalue weighted by molar-refractivity contribution is -0.143. The fourth-order valence-electron chi connectivity index (χ4n) is 2.59. The summed E-state index contributed by atoms with van der Waals surface area (Å²) >= 11 is 1.50. The van der Waals surface area contributed by atoms with Crippen molar-refractivity contribution in [2.75, 3.05) is 18.6 Å². The Morgan fingerprint density at radius 3 is 2.00 bits per heavy atom. The van der Waals surface area contributed by atoms with Crippen LogP contribution in [-0.2, 0) is 24.0 Å². The molecule has 0 aliphatic heterocycles. The largest absolute Gasteiger partial charge is 0.481 e. The minimum Gasteiger partial charge on any atom is -0.481 e. The maximum absolute atomic E-state index is 12.7. The van der Waals surface area contributed by atoms with Crippen LogP contribution < -0.4 is 21.7 Å². The van der Waals surface area contributed by atoms with Crippen molar-refractivity contribution in [3.8, 4) is 0 Å². The van der Waals surface area contributed by atoms with Crippen LogP contribution in [0.5, 0.6) is 0 Å². The molecule has 0 spiro atoms. The van der Waals surface area contributed by atoms with E-state index < -0.39 is 72.8 Å². The third-order valence-electron chi connectivity index (χ3n) is 4.84. The third-order valence-corrected chi connectivity index (χ3v) is 5.48. The van der Waals surface area contributed by atoms with Crippen LogP contribution in [0.15, 0.2) is 0 Å². The van der Waals surface area contributed by atoms with E-state index in [1.54, 1.807) is 13.8 Å². The summed E-state index contributed by atoms with van der Waals surface area (Å²) in [7, 11) is 0. The van der Waals surface area contributed by atoms with Gasteiger partial charge in [-0.2, -0.15) is 11.8 Å². The number of carbonyl (C=O) groups is 5. The van der Waals surface area contributed by atoms with Crippen LogP contribution in [0.1, 0.15) is 39.5 Å². The third kappa shape index (κ3) is 10.8. The molecule has 0 radical (unpaired) electrons. The molecular formula is C19H34N4O8S. The average molecular weight is 479 g/mol. The molecule has 12 nitrogen and oxygen atoms in total. The first-order valence-corrected chi connectivity index (χ1v) is 11.6. The SMILES string of the molecule is CCC(C)C(NC(=O)C(CO)NC(=O)C(N)CCSC)C(=O)NC(CCC(=O)O)C(=O)O. The highest BCUT2D eigenvalue weighted by Crippen LogP contribution is 2.10. The van der Waals surface area contributed by atoms with Gasteiger partial charge in [0, 0.05) is 6.42 Å². The van der Waals surface area contributed by atoms with Crippen LogP contribution in [-0.4, -0.2) is 87.8 Å². The van der Waals surface area contributed by atoms with Crippen molar-refractivity contribution in [2.24, 2.45) is 11.7 Å². The van der Waals surface area contributed by atoms with Gasteiger partial charge in [-0.15, -0.1) is 0 Å². The van der Waals surface area contributed by atoms with Crippen LogP contribution in [0.25, 0.3) is 0 Å². The molecule has 0 aromatic carbocycles. The Bertz CT molecular complexity index is 663. The van der Waals surface area contributed by atoms with Gasteiger partial charge < -0.3 is 37.0 Å². The average Bonchev–Trinajstić information content (AvgIpc) is 2.75. The predicted molar refractivity (Wildman–Crippen MR) is 118 cm³/mol. The van der Waals surface area contributed by atoms with Gasteiger partial charge in [-0.05, 0) is 30.8 Å². The Morgan fingerprint density at radius 2 is 1.53 bits per heavy atom. The van der Waals surface area contributed by atoms with Gasteiger partial charge in [0.25, 0.3) is 0 Å². The zero-order chi connectivity index (χ0) is 24.8. The van der Waals surface area contributed by atoms with Gasteiger partial charge in [-0.25, -0.2) is 4.79 Å². The molecule has 0 aliphatic carbocycles. The van der Waals surface area contributed by atoms with Gasteiger partial charge in [-0.3, -0.25) is 19.2 Å². The summed E-state index contributed by atoms with van der Waals surface area (Å²) in [6.07, 6.45) is 1.87. The van der Waals surface area contributed by atoms with Crippen molar-refractivity contribution < 1.29 is 39.3 Å². The highest BCUT2D eigenvalue weighted by molar-refractivity contribution is 7.98. The van der Waals surface area contributed by atoms with Crippen LogP contribution in [0, 0.1) is 5.92 Å². The molecule has 0 heterocycles. The maximum Gasteiger partial charge on any atom is 0.326 e. The van der Waals surface area contributed by atoms with Crippen molar-refractivity contribution in [3.63, 3.8) is 0 Å². The van der Waals surface area contributed by atoms with E-state index in [0.29, 0.717) is 18.6 Å². The van der Waals surface area contributed by atoms with E-state index >= 15 is 0 Å². The standard InChI is InChI=1S/C19H34N4O8S/c1-4-10(2)15(18(29)21-12(19(30)31)5-6-14(25)26)23-17(28)13(9-24)22-16(27)11(20)7-8-32-3/h10-13,15,24H,4-9,20H2,1-3H3,(H,21,29)(H,22,27)(H,23,28)(H,25,26)(H,30,31). The Kier molecular flexibility index (Phi) is 14.3. The normalized spacial score (nSPS) is 15.5. The molecule has 0 saturated heterocycles. The molecule has 32 heavy (non-hydrogen) atoms. The van der Waals surface area contributed by atoms with Crippen LogP contribution in [0.2, 0.25) is 0 Å². The molecule has 0 rings (SSSR count). The number of carboxylic acid groups (broad SMARTS) is 2. The summed E-state index contributed by atoms with van der Waals surface area (Å²) in [5.41, 5.74) is 5.76. The summed E-state index contributed by atoms with van der Waals surface area (Å²) in [4.78, 5) is 59.5. The van der Waals surface area contributed by atoms with Gasteiger partial charge in [0.2, 0.25) is 17.7 Å². The van der Waals surface area contributed by atoms with Crippen LogP contribution in [0.3, 0.4) is 0 Å². The molecule has 13 heteroatoms. The smallest absolute Gasteiger partial charge is 0.326 e. The van der Waals surface area contributed by atoms with Crippen LogP contribution in [0.4, 0.5) is 0 Å². The molecule has 5 atom stereocenters. The van der Waals surface area contributed by atoms with Gasteiger partial charge in [0.05, 0.1) is 12.6 Å². The second kappa shape index (κ2) is 15.4. The summed E-state index contributed by atoms with van der Waals surface area (Å²) in [6, 6.07) is -4.85. The number of nitrogens with one attached hydrogen (secondary N) is 3. The number of thioether (sulfide) groups is 1. The highest BCUT2D eigenvalue weighted by Gasteiger charge is 2.32. The topological polar surface area (TPSA) is 208 Å². The van der Waals surface area contributed by atoms with Gasteiger partial charge in [-0.1, -0.05) is 20.3 Å². The minimum atomic E-state index is -1.45. The van der Waals surface area contributed by atoms with E-state index in [9.17, 15) is 34.2 Å². The number of aliphatic hydroxyl groups excluding tert-OH is 1. The lowest BCUT2D eigenvalue weighted by atomic mass is 9.97. The lowest BCUT2D eigenvalue weighted by Gasteiger charge is -2.27. The van der Waals surface area contributed by atoms with Crippen molar-refractivity contribution in [3.05, 3.63) is 0 Å². The predicted octanol–water partition coefficient (Wildman–Crippen LogP) is -1.49. The monoisotopic (exact) mass is 478 g/mol. The lowest BCUT2D eigenvalue weighted by Crippen LogP contribution is -2.59. The van der Waals surface area contributed by atoms with Crippen molar-refractivity contribution in [1.82, 2.24) is 16.0 Å². The Balaban J connectivity index is 5.27. The Morgan fingerprint density at radius 1 is 0.938 bits per heavy atom. The number of carboxylic acids is 2. The fraction of sp³-hybridized carbons (Fsp3) is 0.737. The van der Waals surface area contributed by atoms with E-state index in [4.69, 9.17) is 10.8 Å². The molecule has 0 aliphatic rings. The number of carbonyl (C=O) groups excluding carboxylic acids is 3. The second-order valence-electron chi connectivity index (χ2n) is 7.34. The molecule has 0 fully saturated rings. The number of nitrogens with two attached hydrogens (primary N) is 1. The molecule has 8 N–H and O–H groups in total. The number of aliphatic hydroxyl groups is 1. The van der Waals surface area contributed by atoms with Crippen LogP contribution >= 0.6 is 11.8 Å². The summed E-state index contributed by atoms with van der Waals surface area (Å²) < 4.78 is 0. The number of aliphatic carboxylic acids is 2. The quantitative estimate of drug-likeness (QED) is 0.137. The molecule has 0 saturated carbocycles. The Labute approximate surface area is 191 Å². The van der Waals surface area contributed by atoms with Crippen molar-refractivity contribution >= 4 is 41.4 Å². The van der Waals surface area contributed by atoms with E-state index in [1.807, 2.05) is 6.26 Å². The van der Waals surface area contributed by atoms with E-state index in [0.717, 1.165) is 0 Å². The number of amides is 3. The van der Waals surface area contributed by atoms with E-state index in [-0.39, 0.29) is 6.42 Å². The van der Waals surface area contributed by atoms with Crippen molar-refractivity contribution in [2.45, 2.75) is 63.7 Å². The maximum atomic E-state index is 12.7. The first kappa shape index (κ1) is 29.6. The summed E-state index contributed by atoms with van der Waals surface area (Å²) in [6.45, 7) is 2.67. The molecule has 184 valence electrons. The van der Waals surface area contributed by atoms with E-state index in [1.165, 1.54) is 11.8 Å². The molecule has 0 aromatic rings. The number of hydrogen-bond donors (Lipinski definition) is 7. The van der Waals surface area contributed by atoms with Gasteiger partial charge in [0.15, 0.2) is 0 Å². The van der Waals surface area contributed by atoms with Crippen molar-refractivity contribution in [1.29, 1.82) is 0 Å².